The Kier molecular flexibility index (Phi) is 10.8. The van der Waals surface area contributed by atoms with Gasteiger partial charge in [-0.25, -0.2) is 0 Å². The molecular formula is C34H36BF4N2-. The quantitative estimate of drug-likeness (QED) is 0.200. The molecule has 4 aromatic carbocycles. The van der Waals surface area contributed by atoms with Crippen LogP contribution in [0, 0.1) is 0 Å². The molecule has 6 rings (SSSR count). The standard InChI is InChI=1S/C34H36N2.BF3.FH/c1-26(35-31(27-14-6-2-7-15-27)22-23-32(35)28-16-8-3-9-17-28)36-33(29-18-10-4-11-19-29)24-25-34(36)30-20-12-5-13-21-30;2-1(3)4;/h2-21,26,31-34H,22-25H2,1H3;;1H/p-1. The van der Waals surface area contributed by atoms with Gasteiger partial charge >= 0.3 is 7.54 Å². The number of halogens is 4. The first-order chi connectivity index (χ1) is 19.5. The molecular weight excluding hydrogens is 523 g/mol. The minimum atomic E-state index is -3.67. The van der Waals surface area contributed by atoms with Gasteiger partial charge in [0.25, 0.3) is 0 Å². The smallest absolute Gasteiger partial charge is 0.762 e. The molecule has 214 valence electrons. The molecule has 2 aliphatic rings. The Labute approximate surface area is 241 Å². The molecule has 0 bridgehead atoms. The molecule has 0 spiro atoms. The number of benzene rings is 4. The zero-order valence-electron chi connectivity index (χ0n) is 23.2. The van der Waals surface area contributed by atoms with Gasteiger partial charge in [-0.2, -0.15) is 0 Å². The molecule has 4 aromatic rings. The monoisotopic (exact) mass is 559 g/mol. The van der Waals surface area contributed by atoms with Crippen molar-refractivity contribution in [1.82, 2.24) is 9.80 Å². The zero-order chi connectivity index (χ0) is 27.9. The first kappa shape index (κ1) is 30.5. The van der Waals surface area contributed by atoms with E-state index in [9.17, 15) is 12.9 Å². The number of likely N-dealkylation sites (tertiary alicyclic amines) is 2. The Balaban J connectivity index is 0.000000729. The SMILES string of the molecule is CC(N1C(c2ccccc2)CCC1c1ccccc1)N1C(c2ccccc2)CCC1c1ccccc1.FB(F)F.[F-]. The summed E-state index contributed by atoms with van der Waals surface area (Å²) in [4.78, 5) is 5.67. The van der Waals surface area contributed by atoms with Crippen molar-refractivity contribution < 1.29 is 17.7 Å². The van der Waals surface area contributed by atoms with Crippen molar-refractivity contribution in [3.63, 3.8) is 0 Å². The van der Waals surface area contributed by atoms with Gasteiger partial charge < -0.3 is 4.70 Å². The van der Waals surface area contributed by atoms with Crippen molar-refractivity contribution in [2.75, 3.05) is 0 Å². The topological polar surface area (TPSA) is 6.48 Å². The number of rotatable bonds is 6. The van der Waals surface area contributed by atoms with Gasteiger partial charge in [0.05, 0.1) is 6.17 Å². The highest BCUT2D eigenvalue weighted by Crippen LogP contribution is 2.51. The van der Waals surface area contributed by atoms with Crippen molar-refractivity contribution in [1.29, 1.82) is 0 Å². The fourth-order valence-corrected chi connectivity index (χ4v) is 6.91. The van der Waals surface area contributed by atoms with Crippen molar-refractivity contribution in [3.8, 4) is 0 Å². The molecule has 2 aliphatic heterocycles. The predicted octanol–water partition coefficient (Wildman–Crippen LogP) is 6.37. The van der Waals surface area contributed by atoms with Crippen molar-refractivity contribution in [3.05, 3.63) is 144 Å². The van der Waals surface area contributed by atoms with E-state index in [0.717, 1.165) is 0 Å². The van der Waals surface area contributed by atoms with Gasteiger partial charge in [-0.3, -0.25) is 22.7 Å². The van der Waals surface area contributed by atoms with E-state index in [-0.39, 0.29) is 4.70 Å². The Hall–Kier alpha value is -3.42. The highest BCUT2D eigenvalue weighted by atomic mass is 19.4. The van der Waals surface area contributed by atoms with Crippen LogP contribution in [0.4, 0.5) is 12.9 Å². The van der Waals surface area contributed by atoms with Crippen LogP contribution in [0.15, 0.2) is 121 Å². The van der Waals surface area contributed by atoms with Crippen molar-refractivity contribution in [2.24, 2.45) is 0 Å². The summed E-state index contributed by atoms with van der Waals surface area (Å²) in [6, 6.07) is 46.4. The summed E-state index contributed by atoms with van der Waals surface area (Å²) in [5.74, 6) is 0. The van der Waals surface area contributed by atoms with Crippen LogP contribution in [0.2, 0.25) is 0 Å². The summed E-state index contributed by atoms with van der Waals surface area (Å²) in [5.41, 5.74) is 5.76. The molecule has 0 radical (unpaired) electrons. The summed E-state index contributed by atoms with van der Waals surface area (Å²) in [6.07, 6.45) is 5.05. The van der Waals surface area contributed by atoms with Crippen LogP contribution >= 0.6 is 0 Å². The number of nitrogens with zero attached hydrogens (tertiary/aromatic N) is 2. The summed E-state index contributed by atoms with van der Waals surface area (Å²) in [6.45, 7) is 2.47. The zero-order valence-corrected chi connectivity index (χ0v) is 23.2. The molecule has 0 saturated carbocycles. The van der Waals surface area contributed by atoms with Crippen LogP contribution in [0.3, 0.4) is 0 Å². The molecule has 2 nitrogen and oxygen atoms in total. The average Bonchev–Trinajstić information content (AvgIpc) is 3.64. The van der Waals surface area contributed by atoms with Gasteiger partial charge in [0.2, 0.25) is 0 Å². The third-order valence-corrected chi connectivity index (χ3v) is 8.47. The molecule has 0 aromatic heterocycles. The molecule has 41 heavy (non-hydrogen) atoms. The maximum Gasteiger partial charge on any atom is 0.762 e. The Morgan fingerprint density at radius 2 is 0.683 bits per heavy atom. The Morgan fingerprint density at radius 3 is 0.878 bits per heavy atom. The van der Waals surface area contributed by atoms with E-state index in [1.54, 1.807) is 0 Å². The highest BCUT2D eigenvalue weighted by molar-refractivity contribution is 6.33. The molecule has 4 unspecified atom stereocenters. The van der Waals surface area contributed by atoms with Gasteiger partial charge in [0.15, 0.2) is 0 Å². The number of hydrogen-bond acceptors (Lipinski definition) is 2. The summed E-state index contributed by atoms with van der Waals surface area (Å²) < 4.78 is 29.0. The van der Waals surface area contributed by atoms with Crippen LogP contribution in [0.5, 0.6) is 0 Å². The first-order valence-corrected chi connectivity index (χ1v) is 14.2. The van der Waals surface area contributed by atoms with Crippen molar-refractivity contribution in [2.45, 2.75) is 62.9 Å². The van der Waals surface area contributed by atoms with Gasteiger partial charge in [0.1, 0.15) is 0 Å². The lowest BCUT2D eigenvalue weighted by molar-refractivity contribution is -0.0149. The van der Waals surface area contributed by atoms with Crippen molar-refractivity contribution >= 4 is 7.54 Å². The van der Waals surface area contributed by atoms with Crippen LogP contribution in [-0.4, -0.2) is 23.5 Å². The van der Waals surface area contributed by atoms with E-state index in [1.165, 1.54) is 47.9 Å². The Bertz CT molecular complexity index is 1100. The molecule has 2 heterocycles. The summed E-state index contributed by atoms with van der Waals surface area (Å²) in [5, 5.41) is 0. The van der Waals surface area contributed by atoms with Crippen LogP contribution < -0.4 is 4.70 Å². The minimum absolute atomic E-state index is 0. The maximum atomic E-state index is 9.67. The highest BCUT2D eigenvalue weighted by Gasteiger charge is 2.45. The van der Waals surface area contributed by atoms with Crippen LogP contribution in [0.1, 0.15) is 79.0 Å². The third-order valence-electron chi connectivity index (χ3n) is 8.47. The summed E-state index contributed by atoms with van der Waals surface area (Å²) >= 11 is 0. The predicted molar refractivity (Wildman–Crippen MR) is 157 cm³/mol. The van der Waals surface area contributed by atoms with E-state index < -0.39 is 7.54 Å². The normalized spacial score (nSPS) is 23.2. The molecule has 0 amide bonds. The lowest BCUT2D eigenvalue weighted by Gasteiger charge is -2.45. The fourth-order valence-electron chi connectivity index (χ4n) is 6.91. The minimum Gasteiger partial charge on any atom is -1.00 e. The Morgan fingerprint density at radius 1 is 0.488 bits per heavy atom. The van der Waals surface area contributed by atoms with E-state index in [1.807, 2.05) is 0 Å². The van der Waals surface area contributed by atoms with E-state index >= 15 is 0 Å². The lowest BCUT2D eigenvalue weighted by atomic mass is 10.0. The largest absolute Gasteiger partial charge is 1.00 e. The average molecular weight is 559 g/mol. The molecule has 2 saturated heterocycles. The van der Waals surface area contributed by atoms with Crippen LogP contribution in [-0.2, 0) is 0 Å². The van der Waals surface area contributed by atoms with Gasteiger partial charge in [-0.15, -0.1) is 0 Å². The van der Waals surface area contributed by atoms with Gasteiger partial charge in [-0.1, -0.05) is 121 Å². The fraction of sp³-hybridized carbons (Fsp3) is 0.294. The number of hydrogen-bond donors (Lipinski definition) is 0. The van der Waals surface area contributed by atoms with E-state index in [0.29, 0.717) is 30.3 Å². The van der Waals surface area contributed by atoms with Gasteiger partial charge in [0, 0.05) is 24.2 Å². The molecule has 0 N–H and O–H groups in total. The second kappa shape index (κ2) is 14.5. The maximum absolute atomic E-state index is 9.67. The van der Waals surface area contributed by atoms with E-state index in [2.05, 4.69) is 138 Å². The second-order valence-corrected chi connectivity index (χ2v) is 10.6. The molecule has 7 heteroatoms. The van der Waals surface area contributed by atoms with Gasteiger partial charge in [-0.05, 0) is 54.9 Å². The van der Waals surface area contributed by atoms with Crippen LogP contribution in [0.25, 0.3) is 0 Å². The van der Waals surface area contributed by atoms with E-state index in [4.69, 9.17) is 0 Å². The third kappa shape index (κ3) is 7.09. The molecule has 2 fully saturated rings. The molecule has 4 atom stereocenters. The lowest BCUT2D eigenvalue weighted by Crippen LogP contribution is -3.00. The second-order valence-electron chi connectivity index (χ2n) is 10.6. The summed E-state index contributed by atoms with van der Waals surface area (Å²) in [7, 11) is -3.67. The first-order valence-electron chi connectivity index (χ1n) is 14.2. The molecule has 0 aliphatic carbocycles.